The number of aromatic amines is 1. The number of nitrogens with one attached hydrogen (secondary N) is 2. The van der Waals surface area contributed by atoms with Crippen LogP contribution in [0, 0.1) is 0 Å². The zero-order valence-electron chi connectivity index (χ0n) is 14.5. The number of amides is 1. The molecule has 0 bridgehead atoms. The van der Waals surface area contributed by atoms with Gasteiger partial charge in [0.25, 0.3) is 11.5 Å². The highest BCUT2D eigenvalue weighted by Crippen LogP contribution is 2.39. The average molecular weight is 360 g/mol. The van der Waals surface area contributed by atoms with Crippen LogP contribution in [0.2, 0.25) is 0 Å². The first-order valence-electron chi connectivity index (χ1n) is 8.55. The van der Waals surface area contributed by atoms with E-state index in [2.05, 4.69) is 15.3 Å². The molecule has 2 aromatic rings. The van der Waals surface area contributed by atoms with Crippen LogP contribution >= 0.6 is 0 Å². The van der Waals surface area contributed by atoms with E-state index in [1.165, 1.54) is 17.6 Å². The van der Waals surface area contributed by atoms with Crippen LogP contribution < -0.4 is 16.6 Å². The molecule has 3 rings (SSSR count). The lowest BCUT2D eigenvalue weighted by Crippen LogP contribution is -2.39. The molecule has 138 valence electrons. The lowest BCUT2D eigenvalue weighted by molar-refractivity contribution is -0.138. The van der Waals surface area contributed by atoms with Crippen LogP contribution in [0.25, 0.3) is 11.0 Å². The molecular weight excluding hydrogens is 340 g/mol. The maximum Gasteiger partial charge on any atom is 0.329 e. The van der Waals surface area contributed by atoms with Gasteiger partial charge in [-0.3, -0.25) is 23.9 Å². The number of aryl methyl sites for hydroxylation is 1. The van der Waals surface area contributed by atoms with E-state index in [4.69, 9.17) is 5.11 Å². The standard InChI is InChI=1S/C17H20N4O5/c1-3-6-21-13-12(15(23)20-17(21)26)10(7-11(19-13)9-4-5-9)14(22)18-8(2)16(24)25/h7-9H,3-6H2,1-2H3,(H,18,22)(H,24,25)(H,20,23,26)/t8-/m0/s1. The Labute approximate surface area is 148 Å². The van der Waals surface area contributed by atoms with Crippen molar-refractivity contribution in [3.8, 4) is 0 Å². The number of aromatic nitrogens is 3. The summed E-state index contributed by atoms with van der Waals surface area (Å²) in [5.74, 6) is -1.68. The molecule has 1 saturated carbocycles. The Morgan fingerprint density at radius 3 is 2.69 bits per heavy atom. The van der Waals surface area contributed by atoms with Gasteiger partial charge in [0, 0.05) is 18.2 Å². The minimum Gasteiger partial charge on any atom is -0.480 e. The van der Waals surface area contributed by atoms with Gasteiger partial charge >= 0.3 is 11.7 Å². The number of carboxylic acids is 1. The van der Waals surface area contributed by atoms with Crippen molar-refractivity contribution in [2.24, 2.45) is 0 Å². The average Bonchev–Trinajstić information content (AvgIpc) is 3.42. The highest BCUT2D eigenvalue weighted by molar-refractivity contribution is 6.06. The molecule has 0 aromatic carbocycles. The van der Waals surface area contributed by atoms with Gasteiger partial charge in [0.1, 0.15) is 6.04 Å². The molecule has 0 aliphatic heterocycles. The first-order valence-corrected chi connectivity index (χ1v) is 8.55. The van der Waals surface area contributed by atoms with E-state index in [-0.39, 0.29) is 22.5 Å². The number of carbonyl (C=O) groups excluding carboxylic acids is 1. The molecule has 2 aromatic heterocycles. The molecule has 3 N–H and O–H groups in total. The number of carboxylic acid groups (broad SMARTS) is 1. The van der Waals surface area contributed by atoms with Crippen molar-refractivity contribution >= 4 is 22.9 Å². The van der Waals surface area contributed by atoms with Gasteiger partial charge in [-0.15, -0.1) is 0 Å². The Morgan fingerprint density at radius 1 is 1.42 bits per heavy atom. The van der Waals surface area contributed by atoms with E-state index in [1.54, 1.807) is 0 Å². The summed E-state index contributed by atoms with van der Waals surface area (Å²) < 4.78 is 1.35. The fourth-order valence-corrected chi connectivity index (χ4v) is 2.83. The molecule has 0 spiro atoms. The summed E-state index contributed by atoms with van der Waals surface area (Å²) in [7, 11) is 0. The first kappa shape index (κ1) is 17.8. The third-order valence-corrected chi connectivity index (χ3v) is 4.37. The summed E-state index contributed by atoms with van der Waals surface area (Å²) in [6.07, 6.45) is 2.49. The molecule has 1 fully saturated rings. The van der Waals surface area contributed by atoms with Crippen LogP contribution in [0.1, 0.15) is 55.1 Å². The molecule has 0 unspecified atom stereocenters. The van der Waals surface area contributed by atoms with Gasteiger partial charge in [-0.2, -0.15) is 0 Å². The minimum atomic E-state index is -1.18. The van der Waals surface area contributed by atoms with Gasteiger partial charge in [-0.1, -0.05) is 6.92 Å². The normalized spacial score (nSPS) is 15.0. The molecule has 1 aliphatic rings. The van der Waals surface area contributed by atoms with Crippen molar-refractivity contribution in [3.63, 3.8) is 0 Å². The van der Waals surface area contributed by atoms with Crippen LogP contribution in [0.5, 0.6) is 0 Å². The second-order valence-corrected chi connectivity index (χ2v) is 6.51. The monoisotopic (exact) mass is 360 g/mol. The maximum absolute atomic E-state index is 12.6. The van der Waals surface area contributed by atoms with Gasteiger partial charge in [-0.25, -0.2) is 9.78 Å². The van der Waals surface area contributed by atoms with Crippen molar-refractivity contribution < 1.29 is 14.7 Å². The van der Waals surface area contributed by atoms with E-state index in [0.717, 1.165) is 12.8 Å². The van der Waals surface area contributed by atoms with Gasteiger partial charge in [0.15, 0.2) is 5.65 Å². The summed E-state index contributed by atoms with van der Waals surface area (Å²) in [5.41, 5.74) is -0.440. The number of carbonyl (C=O) groups is 2. The second kappa shape index (κ2) is 6.74. The Kier molecular flexibility index (Phi) is 4.62. The van der Waals surface area contributed by atoms with Crippen molar-refractivity contribution in [2.45, 2.75) is 51.6 Å². The van der Waals surface area contributed by atoms with Crippen LogP contribution in [-0.4, -0.2) is 37.6 Å². The highest BCUT2D eigenvalue weighted by Gasteiger charge is 2.29. The zero-order chi connectivity index (χ0) is 19.0. The second-order valence-electron chi connectivity index (χ2n) is 6.51. The predicted molar refractivity (Wildman–Crippen MR) is 93.5 cm³/mol. The largest absolute Gasteiger partial charge is 0.480 e. The van der Waals surface area contributed by atoms with E-state index in [9.17, 15) is 19.2 Å². The van der Waals surface area contributed by atoms with E-state index in [1.807, 2.05) is 6.92 Å². The van der Waals surface area contributed by atoms with Crippen LogP contribution in [0.3, 0.4) is 0 Å². The molecule has 2 heterocycles. The van der Waals surface area contributed by atoms with E-state index in [0.29, 0.717) is 18.7 Å². The van der Waals surface area contributed by atoms with Crippen molar-refractivity contribution in [3.05, 3.63) is 38.2 Å². The summed E-state index contributed by atoms with van der Waals surface area (Å²) >= 11 is 0. The number of hydrogen-bond acceptors (Lipinski definition) is 5. The number of nitrogens with zero attached hydrogens (tertiary/aromatic N) is 2. The van der Waals surface area contributed by atoms with Gasteiger partial charge in [0.05, 0.1) is 10.9 Å². The number of hydrogen-bond donors (Lipinski definition) is 3. The molecule has 1 aliphatic carbocycles. The topological polar surface area (TPSA) is 134 Å². The summed E-state index contributed by atoms with van der Waals surface area (Å²) in [4.78, 5) is 54.9. The Hall–Kier alpha value is -2.97. The fraction of sp³-hybridized carbons (Fsp3) is 0.471. The Morgan fingerprint density at radius 2 is 2.12 bits per heavy atom. The number of rotatable bonds is 6. The van der Waals surface area contributed by atoms with Crippen molar-refractivity contribution in [1.29, 1.82) is 0 Å². The zero-order valence-corrected chi connectivity index (χ0v) is 14.5. The van der Waals surface area contributed by atoms with Gasteiger partial charge in [-0.05, 0) is 32.3 Å². The quantitative estimate of drug-likeness (QED) is 0.690. The number of aliphatic carboxylic acids is 1. The van der Waals surface area contributed by atoms with Gasteiger partial charge in [0.2, 0.25) is 0 Å². The third-order valence-electron chi connectivity index (χ3n) is 4.37. The van der Waals surface area contributed by atoms with E-state index < -0.39 is 29.2 Å². The summed E-state index contributed by atoms with van der Waals surface area (Å²) in [6.45, 7) is 3.57. The molecule has 1 atom stereocenters. The lowest BCUT2D eigenvalue weighted by Gasteiger charge is -2.14. The number of pyridine rings is 1. The highest BCUT2D eigenvalue weighted by atomic mass is 16.4. The smallest absolute Gasteiger partial charge is 0.329 e. The Bertz CT molecular complexity index is 1000. The summed E-state index contributed by atoms with van der Waals surface area (Å²) in [6, 6.07) is 0.413. The third kappa shape index (κ3) is 3.24. The van der Waals surface area contributed by atoms with Crippen LogP contribution in [-0.2, 0) is 11.3 Å². The molecule has 0 radical (unpaired) electrons. The maximum atomic E-state index is 12.6. The molecule has 0 saturated heterocycles. The SMILES string of the molecule is CCCn1c(=O)[nH]c(=O)c2c(C(=O)N[C@@H](C)C(=O)O)cc(C3CC3)nc21. The predicted octanol–water partition coefficient (Wildman–Crippen LogP) is 0.575. The Balaban J connectivity index is 2.25. The number of H-pyrrole nitrogens is 1. The molecule has 9 nitrogen and oxygen atoms in total. The minimum absolute atomic E-state index is 0.00228. The molecule has 9 heteroatoms. The molecular formula is C17H20N4O5. The number of fused-ring (bicyclic) bond motifs is 1. The van der Waals surface area contributed by atoms with Crippen LogP contribution in [0.4, 0.5) is 0 Å². The van der Waals surface area contributed by atoms with E-state index >= 15 is 0 Å². The van der Waals surface area contributed by atoms with Gasteiger partial charge < -0.3 is 10.4 Å². The molecule has 1 amide bonds. The van der Waals surface area contributed by atoms with Crippen molar-refractivity contribution in [1.82, 2.24) is 19.9 Å². The summed E-state index contributed by atoms with van der Waals surface area (Å²) in [5, 5.41) is 11.4. The molecule has 26 heavy (non-hydrogen) atoms. The first-order chi connectivity index (χ1) is 12.3. The van der Waals surface area contributed by atoms with Crippen molar-refractivity contribution in [2.75, 3.05) is 0 Å². The lowest BCUT2D eigenvalue weighted by atomic mass is 10.1. The van der Waals surface area contributed by atoms with Crippen LogP contribution in [0.15, 0.2) is 15.7 Å². The fourth-order valence-electron chi connectivity index (χ4n) is 2.83.